The quantitative estimate of drug-likeness (QED) is 0.544. The molecule has 148 valence electrons. The van der Waals surface area contributed by atoms with Gasteiger partial charge in [0.15, 0.2) is 15.8 Å². The molecule has 7 nitrogen and oxygen atoms in total. The summed E-state index contributed by atoms with van der Waals surface area (Å²) < 4.78 is 58.2. The fourth-order valence-electron chi connectivity index (χ4n) is 2.77. The number of benzene rings is 1. The zero-order valence-electron chi connectivity index (χ0n) is 14.8. The molecule has 0 amide bonds. The van der Waals surface area contributed by atoms with E-state index in [1.54, 1.807) is 6.07 Å². The lowest BCUT2D eigenvalue weighted by Gasteiger charge is -2.28. The van der Waals surface area contributed by atoms with Crippen molar-refractivity contribution in [3.05, 3.63) is 29.3 Å². The van der Waals surface area contributed by atoms with E-state index in [9.17, 15) is 31.8 Å². The van der Waals surface area contributed by atoms with Crippen LogP contribution in [0.15, 0.2) is 18.2 Å². The van der Waals surface area contributed by atoms with Gasteiger partial charge >= 0.3 is 13.1 Å². The van der Waals surface area contributed by atoms with E-state index in [1.165, 1.54) is 12.1 Å². The number of alkyl halides is 2. The van der Waals surface area contributed by atoms with Gasteiger partial charge in [-0.2, -0.15) is 0 Å². The molecule has 0 radical (unpaired) electrons. The molecule has 0 unspecified atom stereocenters. The molecular formula is C16H19BF2O7S. The summed E-state index contributed by atoms with van der Waals surface area (Å²) in [5.41, 5.74) is 0.412. The molecule has 1 aliphatic rings. The summed E-state index contributed by atoms with van der Waals surface area (Å²) >= 11 is 0. The molecule has 1 aliphatic heterocycles. The van der Waals surface area contributed by atoms with Crippen LogP contribution in [-0.4, -0.2) is 50.4 Å². The molecule has 0 saturated heterocycles. The van der Waals surface area contributed by atoms with E-state index in [-0.39, 0.29) is 24.2 Å². The van der Waals surface area contributed by atoms with E-state index >= 15 is 0 Å². The van der Waals surface area contributed by atoms with Crippen LogP contribution in [0, 0.1) is 0 Å². The Morgan fingerprint density at radius 3 is 2.67 bits per heavy atom. The van der Waals surface area contributed by atoms with Crippen molar-refractivity contribution in [2.45, 2.75) is 37.9 Å². The first-order valence-corrected chi connectivity index (χ1v) is 10.1. The zero-order valence-corrected chi connectivity index (χ0v) is 15.6. The van der Waals surface area contributed by atoms with Gasteiger partial charge in [0, 0.05) is 18.5 Å². The molecule has 0 bridgehead atoms. The molecule has 1 aromatic carbocycles. The molecule has 0 aromatic heterocycles. The van der Waals surface area contributed by atoms with Gasteiger partial charge < -0.3 is 14.4 Å². The predicted octanol–water partition coefficient (Wildman–Crippen LogP) is 1.64. The summed E-state index contributed by atoms with van der Waals surface area (Å²) in [6.07, 6.45) is -0.194. The highest BCUT2D eigenvalue weighted by Gasteiger charge is 2.39. The molecule has 1 heterocycles. The third-order valence-corrected chi connectivity index (χ3v) is 4.39. The van der Waals surface area contributed by atoms with Crippen LogP contribution in [0.25, 0.3) is 0 Å². The van der Waals surface area contributed by atoms with E-state index in [1.807, 2.05) is 0 Å². The van der Waals surface area contributed by atoms with Gasteiger partial charge in [-0.25, -0.2) is 22.0 Å². The number of ketones is 1. The van der Waals surface area contributed by atoms with Crippen molar-refractivity contribution in [2.24, 2.45) is 0 Å². The van der Waals surface area contributed by atoms with Crippen LogP contribution in [-0.2, 0) is 25.8 Å². The largest absolute Gasteiger partial charge is 0.535 e. The Bertz CT molecular complexity index is 836. The van der Waals surface area contributed by atoms with Crippen LogP contribution < -0.4 is 4.65 Å². The molecule has 11 heteroatoms. The summed E-state index contributed by atoms with van der Waals surface area (Å²) in [5, 5.41) is 10.1. The first-order chi connectivity index (χ1) is 12.4. The Kier molecular flexibility index (Phi) is 6.26. The highest BCUT2D eigenvalue weighted by atomic mass is 32.2. The van der Waals surface area contributed by atoms with E-state index in [0.717, 1.165) is 6.26 Å². The summed E-state index contributed by atoms with van der Waals surface area (Å²) in [5.74, 6) is -6.30. The molecule has 2 rings (SSSR count). The Morgan fingerprint density at radius 1 is 1.41 bits per heavy atom. The number of Topliss-reactive ketones (excluding diaryl/α,β-unsaturated/α-hetero) is 1. The molecule has 0 fully saturated rings. The number of rotatable bonds is 7. The van der Waals surface area contributed by atoms with Crippen molar-refractivity contribution >= 4 is 28.7 Å². The minimum Gasteiger partial charge on any atom is -0.535 e. The normalized spacial score (nSPS) is 17.1. The lowest BCUT2D eigenvalue weighted by atomic mass is 9.64. The molecule has 1 N–H and O–H groups in total. The summed E-state index contributed by atoms with van der Waals surface area (Å²) in [4.78, 5) is 23.9. The van der Waals surface area contributed by atoms with Gasteiger partial charge in [0.2, 0.25) is 0 Å². The minimum absolute atomic E-state index is 0.0213. The summed E-state index contributed by atoms with van der Waals surface area (Å²) in [6.45, 7) is 0.641. The second-order valence-electron chi connectivity index (χ2n) is 6.73. The maximum Gasteiger partial charge on any atom is 0.526 e. The predicted molar refractivity (Wildman–Crippen MR) is 92.5 cm³/mol. The Balaban J connectivity index is 2.14. The number of fused-ring (bicyclic) bond motifs is 1. The summed E-state index contributed by atoms with van der Waals surface area (Å²) in [7, 11) is -5.00. The van der Waals surface area contributed by atoms with Gasteiger partial charge in [-0.15, -0.1) is 0 Å². The number of esters is 1. The van der Waals surface area contributed by atoms with Gasteiger partial charge in [0.25, 0.3) is 5.92 Å². The highest BCUT2D eigenvalue weighted by Crippen LogP contribution is 2.37. The number of hydrogen-bond donors (Lipinski definition) is 1. The smallest absolute Gasteiger partial charge is 0.526 e. The number of hydrogen-bond acceptors (Lipinski definition) is 7. The van der Waals surface area contributed by atoms with Crippen molar-refractivity contribution in [2.75, 3.05) is 12.2 Å². The third-order valence-electron chi connectivity index (χ3n) is 3.84. The topological polar surface area (TPSA) is 107 Å². The van der Waals surface area contributed by atoms with Crippen molar-refractivity contribution in [1.82, 2.24) is 0 Å². The molecular weight excluding hydrogens is 385 g/mol. The molecule has 1 atom stereocenters. The van der Waals surface area contributed by atoms with Gasteiger partial charge in [-0.1, -0.05) is 12.1 Å². The fourth-order valence-corrected chi connectivity index (χ4v) is 3.09. The molecule has 0 aliphatic carbocycles. The van der Waals surface area contributed by atoms with Crippen molar-refractivity contribution in [3.8, 4) is 5.75 Å². The lowest BCUT2D eigenvalue weighted by molar-refractivity contribution is -0.125. The van der Waals surface area contributed by atoms with Crippen molar-refractivity contribution in [1.29, 1.82) is 0 Å². The third kappa shape index (κ3) is 6.28. The standard InChI is InChI=1S/C16H19BF2O7S/c1-16(18,19)8-12(20)7-11-6-10-4-3-5-13(14(10)26-17(11)22)15(21)25-9-27(2,23)24/h3-5,11,22H,6-9H2,1-2H3/t11-/m1/s1. The van der Waals surface area contributed by atoms with E-state index < -0.39 is 52.8 Å². The minimum atomic E-state index is -3.53. The number of carbonyl (C=O) groups is 2. The Hall–Kier alpha value is -2.01. The Labute approximate surface area is 155 Å². The van der Waals surface area contributed by atoms with Crippen LogP contribution in [0.4, 0.5) is 8.78 Å². The molecule has 0 spiro atoms. The van der Waals surface area contributed by atoms with E-state index in [4.69, 9.17) is 9.39 Å². The number of carbonyl (C=O) groups excluding carboxylic acids is 2. The first-order valence-electron chi connectivity index (χ1n) is 8.07. The van der Waals surface area contributed by atoms with Crippen molar-refractivity contribution in [3.63, 3.8) is 0 Å². The van der Waals surface area contributed by atoms with Crippen LogP contribution in [0.1, 0.15) is 35.7 Å². The van der Waals surface area contributed by atoms with Gasteiger partial charge in [0.05, 0.1) is 6.42 Å². The van der Waals surface area contributed by atoms with Gasteiger partial charge in [-0.3, -0.25) is 4.79 Å². The van der Waals surface area contributed by atoms with Crippen LogP contribution >= 0.6 is 0 Å². The van der Waals surface area contributed by atoms with Gasteiger partial charge in [-0.05, 0) is 25.0 Å². The second-order valence-corrected chi connectivity index (χ2v) is 8.82. The maximum atomic E-state index is 13.0. The van der Waals surface area contributed by atoms with Gasteiger partial charge in [0.1, 0.15) is 17.1 Å². The van der Waals surface area contributed by atoms with Crippen LogP contribution in [0.5, 0.6) is 5.75 Å². The lowest BCUT2D eigenvalue weighted by Crippen LogP contribution is -2.36. The molecule has 1 aromatic rings. The van der Waals surface area contributed by atoms with Crippen molar-refractivity contribution < 1.29 is 41.2 Å². The molecule has 27 heavy (non-hydrogen) atoms. The zero-order chi connectivity index (χ0) is 20.4. The number of para-hydroxylation sites is 1. The van der Waals surface area contributed by atoms with Crippen LogP contribution in [0.3, 0.4) is 0 Å². The number of ether oxygens (including phenoxy) is 1. The number of halogens is 2. The monoisotopic (exact) mass is 404 g/mol. The van der Waals surface area contributed by atoms with E-state index in [0.29, 0.717) is 12.5 Å². The molecule has 0 saturated carbocycles. The average Bonchev–Trinajstić information content (AvgIpc) is 2.50. The first kappa shape index (κ1) is 21.3. The second kappa shape index (κ2) is 7.93. The fraction of sp³-hybridized carbons (Fsp3) is 0.500. The Morgan fingerprint density at radius 2 is 2.07 bits per heavy atom. The SMILES string of the molecule is CC(F)(F)CC(=O)C[C@H]1Cc2cccc(C(=O)OCS(C)(=O)=O)c2OB1O. The van der Waals surface area contributed by atoms with Crippen LogP contribution in [0.2, 0.25) is 5.82 Å². The summed E-state index contributed by atoms with van der Waals surface area (Å²) in [6, 6.07) is 4.45. The van der Waals surface area contributed by atoms with E-state index in [2.05, 4.69) is 0 Å². The highest BCUT2D eigenvalue weighted by molar-refractivity contribution is 7.90. The maximum absolute atomic E-state index is 13.0. The number of sulfone groups is 1. The average molecular weight is 404 g/mol.